The van der Waals surface area contributed by atoms with Crippen molar-refractivity contribution in [2.45, 2.75) is 20.3 Å². The average molecular weight is 272 g/mol. The summed E-state index contributed by atoms with van der Waals surface area (Å²) in [7, 11) is 0. The molecular formula is C11H14BrNO2. The van der Waals surface area contributed by atoms with Crippen LogP contribution < -0.4 is 5.73 Å². The number of carbonyl (C=O) groups excluding carboxylic acids is 1. The smallest absolute Gasteiger partial charge is 0.310 e. The molecule has 0 fully saturated rings. The minimum Gasteiger partial charge on any atom is -0.466 e. The molecule has 0 atom stereocenters. The highest BCUT2D eigenvalue weighted by Crippen LogP contribution is 2.23. The van der Waals surface area contributed by atoms with E-state index in [0.717, 1.165) is 15.6 Å². The molecule has 15 heavy (non-hydrogen) atoms. The maximum Gasteiger partial charge on any atom is 0.310 e. The number of esters is 1. The Kier molecular flexibility index (Phi) is 4.15. The minimum absolute atomic E-state index is 0.221. The van der Waals surface area contributed by atoms with Gasteiger partial charge in [-0.15, -0.1) is 0 Å². The largest absolute Gasteiger partial charge is 0.466 e. The lowest BCUT2D eigenvalue weighted by atomic mass is 10.1. The van der Waals surface area contributed by atoms with Crippen LogP contribution in [0.3, 0.4) is 0 Å². The first-order valence-electron chi connectivity index (χ1n) is 4.74. The molecule has 0 aliphatic heterocycles. The van der Waals surface area contributed by atoms with Crippen LogP contribution in [0.4, 0.5) is 5.69 Å². The first kappa shape index (κ1) is 12.0. The normalized spacial score (nSPS) is 10.1. The molecule has 1 rings (SSSR count). The Balaban J connectivity index is 2.86. The summed E-state index contributed by atoms with van der Waals surface area (Å²) in [6.45, 7) is 4.13. The number of rotatable bonds is 3. The van der Waals surface area contributed by atoms with E-state index >= 15 is 0 Å². The number of halogens is 1. The Morgan fingerprint density at radius 3 is 2.80 bits per heavy atom. The summed E-state index contributed by atoms with van der Waals surface area (Å²) >= 11 is 3.40. The predicted octanol–water partition coefficient (Wildman–Crippen LogP) is 2.45. The number of hydrogen-bond donors (Lipinski definition) is 1. The van der Waals surface area contributed by atoms with Crippen molar-refractivity contribution in [2.75, 3.05) is 12.3 Å². The second-order valence-corrected chi connectivity index (χ2v) is 4.14. The highest BCUT2D eigenvalue weighted by atomic mass is 79.9. The fourth-order valence-electron chi connectivity index (χ4n) is 1.27. The van der Waals surface area contributed by atoms with Gasteiger partial charge in [-0.05, 0) is 37.1 Å². The molecule has 1 aromatic rings. The lowest BCUT2D eigenvalue weighted by molar-refractivity contribution is -0.142. The fourth-order valence-corrected chi connectivity index (χ4v) is 1.66. The zero-order valence-electron chi connectivity index (χ0n) is 8.84. The van der Waals surface area contributed by atoms with Crippen LogP contribution in [0.2, 0.25) is 0 Å². The standard InChI is InChI=1S/C11H14BrNO2/c1-3-15-11(14)6-8-5-9(12)7(2)4-10(8)13/h4-5H,3,6,13H2,1-2H3. The SMILES string of the molecule is CCOC(=O)Cc1cc(Br)c(C)cc1N. The summed E-state index contributed by atoms with van der Waals surface area (Å²) in [5, 5.41) is 0. The molecule has 82 valence electrons. The number of nitrogens with two attached hydrogens (primary N) is 1. The van der Waals surface area contributed by atoms with Gasteiger partial charge in [0, 0.05) is 10.2 Å². The molecule has 0 unspecified atom stereocenters. The number of carbonyl (C=O) groups is 1. The molecule has 0 saturated heterocycles. The molecule has 0 heterocycles. The van der Waals surface area contributed by atoms with Crippen molar-refractivity contribution in [2.24, 2.45) is 0 Å². The van der Waals surface area contributed by atoms with E-state index in [1.165, 1.54) is 0 Å². The first-order valence-corrected chi connectivity index (χ1v) is 5.54. The van der Waals surface area contributed by atoms with Crippen molar-refractivity contribution in [1.82, 2.24) is 0 Å². The fraction of sp³-hybridized carbons (Fsp3) is 0.364. The van der Waals surface area contributed by atoms with E-state index in [1.807, 2.05) is 19.1 Å². The summed E-state index contributed by atoms with van der Waals surface area (Å²) in [5.41, 5.74) is 8.29. The maximum absolute atomic E-state index is 11.3. The molecule has 0 amide bonds. The molecule has 0 saturated carbocycles. The van der Waals surface area contributed by atoms with E-state index in [4.69, 9.17) is 10.5 Å². The Labute approximate surface area is 97.7 Å². The van der Waals surface area contributed by atoms with Crippen LogP contribution in [-0.4, -0.2) is 12.6 Å². The third-order valence-corrected chi connectivity index (χ3v) is 2.91. The molecule has 0 aliphatic carbocycles. The van der Waals surface area contributed by atoms with Crippen LogP contribution in [0.1, 0.15) is 18.1 Å². The third kappa shape index (κ3) is 3.23. The highest BCUT2D eigenvalue weighted by Gasteiger charge is 2.09. The molecule has 0 radical (unpaired) electrons. The molecular weight excluding hydrogens is 258 g/mol. The van der Waals surface area contributed by atoms with Gasteiger partial charge in [-0.3, -0.25) is 4.79 Å². The van der Waals surface area contributed by atoms with E-state index in [2.05, 4.69) is 15.9 Å². The van der Waals surface area contributed by atoms with Gasteiger partial charge in [0.25, 0.3) is 0 Å². The van der Waals surface area contributed by atoms with Gasteiger partial charge in [-0.25, -0.2) is 0 Å². The second-order valence-electron chi connectivity index (χ2n) is 3.28. The van der Waals surface area contributed by atoms with Crippen LogP contribution in [-0.2, 0) is 16.0 Å². The first-order chi connectivity index (χ1) is 7.04. The number of ether oxygens (including phenoxy) is 1. The lowest BCUT2D eigenvalue weighted by Crippen LogP contribution is -2.09. The number of hydrogen-bond acceptors (Lipinski definition) is 3. The Bertz CT molecular complexity index is 377. The van der Waals surface area contributed by atoms with Crippen LogP contribution in [0.25, 0.3) is 0 Å². The molecule has 0 spiro atoms. The van der Waals surface area contributed by atoms with Gasteiger partial charge in [0.1, 0.15) is 0 Å². The van der Waals surface area contributed by atoms with E-state index < -0.39 is 0 Å². The van der Waals surface area contributed by atoms with Gasteiger partial charge in [0.2, 0.25) is 0 Å². The summed E-state index contributed by atoms with van der Waals surface area (Å²) in [6, 6.07) is 3.71. The van der Waals surface area contributed by atoms with Crippen LogP contribution in [0, 0.1) is 6.92 Å². The molecule has 0 aromatic heterocycles. The van der Waals surface area contributed by atoms with Crippen molar-refractivity contribution < 1.29 is 9.53 Å². The lowest BCUT2D eigenvalue weighted by Gasteiger charge is -2.08. The van der Waals surface area contributed by atoms with E-state index in [9.17, 15) is 4.79 Å². The van der Waals surface area contributed by atoms with Crippen molar-refractivity contribution in [1.29, 1.82) is 0 Å². The summed E-state index contributed by atoms with van der Waals surface area (Å²) < 4.78 is 5.82. The second kappa shape index (κ2) is 5.16. The predicted molar refractivity (Wildman–Crippen MR) is 63.6 cm³/mol. The van der Waals surface area contributed by atoms with Crippen molar-refractivity contribution in [3.63, 3.8) is 0 Å². The van der Waals surface area contributed by atoms with Crippen molar-refractivity contribution >= 4 is 27.6 Å². The van der Waals surface area contributed by atoms with E-state index in [1.54, 1.807) is 6.92 Å². The number of nitrogen functional groups attached to an aromatic ring is 1. The van der Waals surface area contributed by atoms with Crippen LogP contribution in [0.5, 0.6) is 0 Å². The zero-order chi connectivity index (χ0) is 11.4. The maximum atomic E-state index is 11.3. The van der Waals surface area contributed by atoms with Crippen molar-refractivity contribution in [3.8, 4) is 0 Å². The number of aryl methyl sites for hydroxylation is 1. The van der Waals surface area contributed by atoms with Crippen LogP contribution in [0.15, 0.2) is 16.6 Å². The minimum atomic E-state index is -0.250. The average Bonchev–Trinajstić information content (AvgIpc) is 2.14. The Morgan fingerprint density at radius 2 is 2.20 bits per heavy atom. The topological polar surface area (TPSA) is 52.3 Å². The summed E-state index contributed by atoms with van der Waals surface area (Å²) in [6.07, 6.45) is 0.221. The van der Waals surface area contributed by atoms with E-state index in [0.29, 0.717) is 12.3 Å². The molecule has 3 nitrogen and oxygen atoms in total. The highest BCUT2D eigenvalue weighted by molar-refractivity contribution is 9.10. The third-order valence-electron chi connectivity index (χ3n) is 2.06. The summed E-state index contributed by atoms with van der Waals surface area (Å²) in [4.78, 5) is 11.3. The van der Waals surface area contributed by atoms with E-state index in [-0.39, 0.29) is 12.4 Å². The monoisotopic (exact) mass is 271 g/mol. The quantitative estimate of drug-likeness (QED) is 0.679. The van der Waals surface area contributed by atoms with Gasteiger partial charge in [-0.2, -0.15) is 0 Å². The number of anilines is 1. The van der Waals surface area contributed by atoms with Gasteiger partial charge < -0.3 is 10.5 Å². The van der Waals surface area contributed by atoms with Gasteiger partial charge in [0.05, 0.1) is 13.0 Å². The summed E-state index contributed by atoms with van der Waals surface area (Å²) in [5.74, 6) is -0.250. The van der Waals surface area contributed by atoms with Gasteiger partial charge in [0.15, 0.2) is 0 Å². The molecule has 0 aliphatic rings. The molecule has 0 bridgehead atoms. The molecule has 1 aromatic carbocycles. The Morgan fingerprint density at radius 1 is 1.53 bits per heavy atom. The zero-order valence-corrected chi connectivity index (χ0v) is 10.4. The van der Waals surface area contributed by atoms with Gasteiger partial charge >= 0.3 is 5.97 Å². The van der Waals surface area contributed by atoms with Crippen molar-refractivity contribution in [3.05, 3.63) is 27.7 Å². The Hall–Kier alpha value is -1.03. The van der Waals surface area contributed by atoms with Gasteiger partial charge in [-0.1, -0.05) is 15.9 Å². The molecule has 2 N–H and O–H groups in total. The number of benzene rings is 1. The van der Waals surface area contributed by atoms with Crippen LogP contribution >= 0.6 is 15.9 Å². The molecule has 4 heteroatoms.